The molecule has 0 saturated carbocycles. The van der Waals surface area contributed by atoms with Crippen molar-refractivity contribution in [2.24, 2.45) is 0 Å². The van der Waals surface area contributed by atoms with E-state index < -0.39 is 11.9 Å². The van der Waals surface area contributed by atoms with Crippen LogP contribution in [0.5, 0.6) is 0 Å². The fourth-order valence-corrected chi connectivity index (χ4v) is 2.87. The summed E-state index contributed by atoms with van der Waals surface area (Å²) in [5, 5.41) is 0. The molecule has 1 atom stereocenters. The summed E-state index contributed by atoms with van der Waals surface area (Å²) < 4.78 is 12.9. The van der Waals surface area contributed by atoms with Crippen LogP contribution in [0.4, 0.5) is 0 Å². The number of esters is 1. The SMILES string of the molecule is COC(=O)C(C(=O)c1c(C)cc(C)cc1C)c1ccccc1.O=P. The summed E-state index contributed by atoms with van der Waals surface area (Å²) in [5.74, 6) is -1.67. The Hall–Kier alpha value is -2.32. The van der Waals surface area contributed by atoms with E-state index in [0.717, 1.165) is 16.7 Å². The fourth-order valence-electron chi connectivity index (χ4n) is 2.87. The van der Waals surface area contributed by atoms with Gasteiger partial charge in [0.2, 0.25) is 0 Å². The van der Waals surface area contributed by atoms with Crippen molar-refractivity contribution in [3.63, 3.8) is 0 Å². The molecule has 2 rings (SSSR count). The van der Waals surface area contributed by atoms with E-state index in [1.54, 1.807) is 21.3 Å². The standard InChI is InChI=1S/C19H20O3.HOP/c1-12-10-13(2)16(14(3)11-12)18(20)17(19(21)22-4)15-8-6-5-7-9-15;1-2/h5-11,17H,1-4H3;2H. The van der Waals surface area contributed by atoms with Crippen molar-refractivity contribution in [3.05, 3.63) is 70.3 Å². The number of rotatable bonds is 4. The van der Waals surface area contributed by atoms with Gasteiger partial charge in [-0.05, 0) is 37.5 Å². The van der Waals surface area contributed by atoms with Gasteiger partial charge in [0.1, 0.15) is 15.0 Å². The van der Waals surface area contributed by atoms with Gasteiger partial charge in [0.05, 0.1) is 7.11 Å². The molecule has 0 saturated heterocycles. The monoisotopic (exact) mass is 344 g/mol. The number of carbonyl (C=O) groups is 2. The first-order chi connectivity index (χ1) is 11.5. The Morgan fingerprint density at radius 1 is 0.958 bits per heavy atom. The minimum Gasteiger partial charge on any atom is -0.468 e. The Kier molecular flexibility index (Phi) is 7.47. The molecule has 0 N–H and O–H groups in total. The van der Waals surface area contributed by atoms with Crippen molar-refractivity contribution in [2.75, 3.05) is 7.11 Å². The first-order valence-corrected chi connectivity index (χ1v) is 7.81. The lowest BCUT2D eigenvalue weighted by Crippen LogP contribution is -2.24. The number of Topliss-reactive ketones (excluding diaryl/α,β-unsaturated/α-hetero) is 1. The molecule has 0 spiro atoms. The molecule has 0 bridgehead atoms. The molecular weight excluding hydrogens is 323 g/mol. The Morgan fingerprint density at radius 3 is 1.92 bits per heavy atom. The van der Waals surface area contributed by atoms with Crippen molar-refractivity contribution in [1.82, 2.24) is 0 Å². The maximum absolute atomic E-state index is 13.0. The van der Waals surface area contributed by atoms with Crippen LogP contribution in [0, 0.1) is 20.8 Å². The molecule has 1 unspecified atom stereocenters. The first kappa shape index (κ1) is 19.7. The largest absolute Gasteiger partial charge is 0.468 e. The summed E-state index contributed by atoms with van der Waals surface area (Å²) in [7, 11) is 3.03. The van der Waals surface area contributed by atoms with Crippen molar-refractivity contribution in [2.45, 2.75) is 26.7 Å². The minimum absolute atomic E-state index is 0.215. The van der Waals surface area contributed by atoms with Gasteiger partial charge in [-0.2, -0.15) is 0 Å². The van der Waals surface area contributed by atoms with Crippen LogP contribution in [0.3, 0.4) is 0 Å². The van der Waals surface area contributed by atoms with E-state index in [-0.39, 0.29) is 5.78 Å². The van der Waals surface area contributed by atoms with Crippen molar-refractivity contribution < 1.29 is 18.9 Å². The van der Waals surface area contributed by atoms with Crippen LogP contribution in [0.25, 0.3) is 0 Å². The van der Waals surface area contributed by atoms with E-state index in [1.807, 2.05) is 51.1 Å². The summed E-state index contributed by atoms with van der Waals surface area (Å²) in [6.07, 6.45) is 0. The van der Waals surface area contributed by atoms with Gasteiger partial charge in [-0.15, -0.1) is 0 Å². The van der Waals surface area contributed by atoms with Gasteiger partial charge < -0.3 is 4.74 Å². The zero-order valence-corrected chi connectivity index (χ0v) is 15.3. The lowest BCUT2D eigenvalue weighted by molar-refractivity contribution is -0.141. The van der Waals surface area contributed by atoms with Gasteiger partial charge in [0.25, 0.3) is 0 Å². The summed E-state index contributed by atoms with van der Waals surface area (Å²) >= 11 is 0. The van der Waals surface area contributed by atoms with Crippen molar-refractivity contribution in [1.29, 1.82) is 0 Å². The fraction of sp³-hybridized carbons (Fsp3) is 0.263. The zero-order chi connectivity index (χ0) is 18.3. The Balaban J connectivity index is 0.00000139. The van der Waals surface area contributed by atoms with Crippen LogP contribution in [0.1, 0.15) is 38.5 Å². The summed E-state index contributed by atoms with van der Waals surface area (Å²) in [5.41, 5.74) is 4.11. The van der Waals surface area contributed by atoms with Crippen LogP contribution in [0.2, 0.25) is 0 Å². The zero-order valence-electron chi connectivity index (χ0n) is 14.3. The number of benzene rings is 2. The second-order valence-corrected chi connectivity index (χ2v) is 5.50. The van der Waals surface area contributed by atoms with Gasteiger partial charge in [0.15, 0.2) is 5.78 Å². The molecule has 126 valence electrons. The minimum atomic E-state index is -0.925. The molecule has 0 aliphatic heterocycles. The van der Waals surface area contributed by atoms with Crippen LogP contribution in [-0.4, -0.2) is 18.9 Å². The van der Waals surface area contributed by atoms with Gasteiger partial charge in [0, 0.05) is 5.56 Å². The van der Waals surface area contributed by atoms with Gasteiger partial charge in [-0.1, -0.05) is 48.0 Å². The maximum Gasteiger partial charge on any atom is 0.321 e. The lowest BCUT2D eigenvalue weighted by atomic mass is 9.86. The normalized spacial score (nSPS) is 11.0. The molecule has 2 aromatic rings. The average Bonchev–Trinajstić information content (AvgIpc) is 2.56. The molecule has 0 aliphatic rings. The quantitative estimate of drug-likeness (QED) is 0.360. The molecular formula is C19H21O4P. The van der Waals surface area contributed by atoms with Crippen LogP contribution >= 0.6 is 9.12 Å². The number of aryl methyl sites for hydroxylation is 3. The Labute approximate surface area is 144 Å². The highest BCUT2D eigenvalue weighted by molar-refractivity contribution is 7.00. The Bertz CT molecular complexity index is 702. The predicted molar refractivity (Wildman–Crippen MR) is 95.2 cm³/mol. The number of ether oxygens (including phenoxy) is 1. The molecule has 24 heavy (non-hydrogen) atoms. The highest BCUT2D eigenvalue weighted by Gasteiger charge is 2.31. The second-order valence-electron chi connectivity index (χ2n) is 5.50. The van der Waals surface area contributed by atoms with E-state index in [1.165, 1.54) is 7.11 Å². The van der Waals surface area contributed by atoms with Crippen molar-refractivity contribution in [3.8, 4) is 0 Å². The van der Waals surface area contributed by atoms with E-state index >= 15 is 0 Å². The number of methoxy groups -OCH3 is 1. The van der Waals surface area contributed by atoms with E-state index in [2.05, 4.69) is 0 Å². The summed E-state index contributed by atoms with van der Waals surface area (Å²) in [6.45, 7) is 5.78. The summed E-state index contributed by atoms with van der Waals surface area (Å²) in [4.78, 5) is 25.2. The third-order valence-electron chi connectivity index (χ3n) is 3.76. The topological polar surface area (TPSA) is 60.4 Å². The van der Waals surface area contributed by atoms with E-state index in [4.69, 9.17) is 9.30 Å². The smallest absolute Gasteiger partial charge is 0.321 e. The highest BCUT2D eigenvalue weighted by Crippen LogP contribution is 2.27. The molecule has 0 heterocycles. The number of hydrogen-bond acceptors (Lipinski definition) is 4. The molecule has 0 aliphatic carbocycles. The third kappa shape index (κ3) is 4.36. The first-order valence-electron chi connectivity index (χ1n) is 7.41. The maximum atomic E-state index is 13.0. The molecule has 0 fully saturated rings. The molecule has 4 nitrogen and oxygen atoms in total. The lowest BCUT2D eigenvalue weighted by Gasteiger charge is -2.17. The predicted octanol–water partition coefficient (Wildman–Crippen LogP) is 4.23. The van der Waals surface area contributed by atoms with E-state index in [0.29, 0.717) is 11.1 Å². The van der Waals surface area contributed by atoms with Gasteiger partial charge in [-0.3, -0.25) is 14.2 Å². The van der Waals surface area contributed by atoms with Crippen LogP contribution in [-0.2, 0) is 14.1 Å². The number of hydrogen-bond donors (Lipinski definition) is 0. The second kappa shape index (κ2) is 9.09. The van der Waals surface area contributed by atoms with Crippen LogP contribution in [0.15, 0.2) is 42.5 Å². The molecule has 0 amide bonds. The van der Waals surface area contributed by atoms with Crippen molar-refractivity contribution >= 4 is 20.9 Å². The molecule has 0 radical (unpaired) electrons. The van der Waals surface area contributed by atoms with Gasteiger partial charge in [-0.25, -0.2) is 0 Å². The average molecular weight is 344 g/mol. The van der Waals surface area contributed by atoms with E-state index in [9.17, 15) is 9.59 Å². The molecule has 5 heteroatoms. The molecule has 0 aromatic heterocycles. The molecule has 2 aromatic carbocycles. The number of ketones is 1. The number of carbonyl (C=O) groups excluding carboxylic acids is 2. The third-order valence-corrected chi connectivity index (χ3v) is 3.76. The summed E-state index contributed by atoms with van der Waals surface area (Å²) in [6, 6.07) is 12.9. The Morgan fingerprint density at radius 2 is 1.46 bits per heavy atom. The highest BCUT2D eigenvalue weighted by atomic mass is 31.0. The van der Waals surface area contributed by atoms with Gasteiger partial charge >= 0.3 is 5.97 Å². The van der Waals surface area contributed by atoms with Crippen LogP contribution < -0.4 is 0 Å².